The second-order valence-electron chi connectivity index (χ2n) is 5.00. The molecule has 0 saturated heterocycles. The Bertz CT molecular complexity index is 571. The van der Waals surface area contributed by atoms with Crippen molar-refractivity contribution in [3.05, 3.63) is 53.6 Å². The molecule has 1 unspecified atom stereocenters. The van der Waals surface area contributed by atoms with E-state index in [1.54, 1.807) is 6.20 Å². The molecule has 2 aromatic rings. The molecule has 0 aliphatic heterocycles. The molecule has 2 rings (SSSR count). The maximum atomic E-state index is 5.67. The van der Waals surface area contributed by atoms with Crippen LogP contribution in [-0.2, 0) is 0 Å². The van der Waals surface area contributed by atoms with E-state index in [4.69, 9.17) is 4.74 Å². The molecule has 0 radical (unpaired) electrons. The number of aromatic nitrogens is 2. The zero-order valence-electron chi connectivity index (χ0n) is 13.0. The first kappa shape index (κ1) is 15.4. The van der Waals surface area contributed by atoms with Crippen LogP contribution >= 0.6 is 0 Å². The van der Waals surface area contributed by atoms with Crippen LogP contribution in [0, 0.1) is 6.92 Å². The van der Waals surface area contributed by atoms with Crippen LogP contribution in [0.5, 0.6) is 5.75 Å². The fourth-order valence-corrected chi connectivity index (χ4v) is 2.21. The molecule has 0 saturated carbocycles. The average molecular weight is 285 g/mol. The summed E-state index contributed by atoms with van der Waals surface area (Å²) in [6, 6.07) is 8.16. The zero-order valence-corrected chi connectivity index (χ0v) is 13.0. The van der Waals surface area contributed by atoms with Crippen molar-refractivity contribution in [3.8, 4) is 5.75 Å². The van der Waals surface area contributed by atoms with Gasteiger partial charge in [0.05, 0.1) is 24.5 Å². The molecule has 1 N–H and O–H groups in total. The maximum Gasteiger partial charge on any atom is 0.137 e. The summed E-state index contributed by atoms with van der Waals surface area (Å²) in [5.41, 5.74) is 3.09. The molecule has 0 aliphatic carbocycles. The maximum absolute atomic E-state index is 5.67. The van der Waals surface area contributed by atoms with Gasteiger partial charge < -0.3 is 10.1 Å². The minimum absolute atomic E-state index is 0.0348. The minimum Gasteiger partial charge on any atom is -0.492 e. The SMILES string of the molecule is CCCOc1cncc(C(NCC)c2cccc(C)n2)c1. The summed E-state index contributed by atoms with van der Waals surface area (Å²) in [6.45, 7) is 7.76. The Hall–Kier alpha value is -1.94. The van der Waals surface area contributed by atoms with Crippen molar-refractivity contribution in [2.45, 2.75) is 33.2 Å². The van der Waals surface area contributed by atoms with Gasteiger partial charge in [0.15, 0.2) is 0 Å². The standard InChI is InChI=1S/C17H23N3O/c1-4-9-21-15-10-14(11-18-12-15)17(19-5-2)16-8-6-7-13(3)20-16/h6-8,10-12,17,19H,4-5,9H2,1-3H3. The molecule has 0 aliphatic rings. The lowest BCUT2D eigenvalue weighted by atomic mass is 10.0. The van der Waals surface area contributed by atoms with E-state index in [1.807, 2.05) is 37.4 Å². The van der Waals surface area contributed by atoms with E-state index < -0.39 is 0 Å². The van der Waals surface area contributed by atoms with Crippen molar-refractivity contribution in [3.63, 3.8) is 0 Å². The van der Waals surface area contributed by atoms with Crippen molar-refractivity contribution < 1.29 is 4.74 Å². The largest absolute Gasteiger partial charge is 0.492 e. The van der Waals surface area contributed by atoms with Gasteiger partial charge in [0.1, 0.15) is 5.75 Å². The molecule has 0 bridgehead atoms. The summed E-state index contributed by atoms with van der Waals surface area (Å²) in [7, 11) is 0. The van der Waals surface area contributed by atoms with Crippen molar-refractivity contribution in [2.24, 2.45) is 0 Å². The lowest BCUT2D eigenvalue weighted by Crippen LogP contribution is -2.23. The Labute approximate surface area is 126 Å². The van der Waals surface area contributed by atoms with Crippen molar-refractivity contribution in [1.29, 1.82) is 0 Å². The van der Waals surface area contributed by atoms with E-state index in [-0.39, 0.29) is 6.04 Å². The Morgan fingerprint density at radius 3 is 2.81 bits per heavy atom. The van der Waals surface area contributed by atoms with Crippen LogP contribution < -0.4 is 10.1 Å². The highest BCUT2D eigenvalue weighted by atomic mass is 16.5. The van der Waals surface area contributed by atoms with E-state index >= 15 is 0 Å². The van der Waals surface area contributed by atoms with Gasteiger partial charge in [-0.05, 0) is 43.7 Å². The summed E-state index contributed by atoms with van der Waals surface area (Å²) in [4.78, 5) is 8.93. The summed E-state index contributed by atoms with van der Waals surface area (Å²) in [5.74, 6) is 0.810. The van der Waals surface area contributed by atoms with Crippen LogP contribution in [0.3, 0.4) is 0 Å². The lowest BCUT2D eigenvalue weighted by Gasteiger charge is -2.18. The van der Waals surface area contributed by atoms with Gasteiger partial charge >= 0.3 is 0 Å². The smallest absolute Gasteiger partial charge is 0.137 e. The highest BCUT2D eigenvalue weighted by Gasteiger charge is 2.15. The molecule has 2 heterocycles. The number of ether oxygens (including phenoxy) is 1. The third kappa shape index (κ3) is 4.26. The van der Waals surface area contributed by atoms with E-state index in [1.165, 1.54) is 0 Å². The van der Waals surface area contributed by atoms with Gasteiger partial charge in [0.25, 0.3) is 0 Å². The van der Waals surface area contributed by atoms with Crippen LogP contribution in [0.25, 0.3) is 0 Å². The number of aryl methyl sites for hydroxylation is 1. The average Bonchev–Trinajstić information content (AvgIpc) is 2.51. The molecule has 2 aromatic heterocycles. The number of hydrogen-bond donors (Lipinski definition) is 1. The summed E-state index contributed by atoms with van der Waals surface area (Å²) >= 11 is 0. The van der Waals surface area contributed by atoms with Crippen LogP contribution in [0.4, 0.5) is 0 Å². The van der Waals surface area contributed by atoms with Gasteiger partial charge in [-0.1, -0.05) is 19.9 Å². The molecular weight excluding hydrogens is 262 g/mol. The molecule has 0 spiro atoms. The fraction of sp³-hybridized carbons (Fsp3) is 0.412. The van der Waals surface area contributed by atoms with E-state index in [0.717, 1.165) is 35.7 Å². The molecule has 4 nitrogen and oxygen atoms in total. The van der Waals surface area contributed by atoms with Crippen LogP contribution in [-0.4, -0.2) is 23.1 Å². The van der Waals surface area contributed by atoms with Gasteiger partial charge in [0, 0.05) is 11.9 Å². The molecule has 0 fully saturated rings. The van der Waals surface area contributed by atoms with Crippen molar-refractivity contribution in [2.75, 3.05) is 13.2 Å². The number of rotatable bonds is 7. The predicted octanol–water partition coefficient (Wildman–Crippen LogP) is 3.27. The predicted molar refractivity (Wildman–Crippen MR) is 84.5 cm³/mol. The first-order valence-corrected chi connectivity index (χ1v) is 7.49. The second kappa shape index (κ2) is 7.74. The summed E-state index contributed by atoms with van der Waals surface area (Å²) < 4.78 is 5.67. The Balaban J connectivity index is 2.29. The molecule has 0 amide bonds. The monoisotopic (exact) mass is 285 g/mol. The third-order valence-electron chi connectivity index (χ3n) is 3.15. The summed E-state index contributed by atoms with van der Waals surface area (Å²) in [5, 5.41) is 3.47. The number of nitrogens with one attached hydrogen (secondary N) is 1. The molecule has 0 aromatic carbocycles. The first-order chi connectivity index (χ1) is 10.2. The van der Waals surface area contributed by atoms with Gasteiger partial charge in [-0.15, -0.1) is 0 Å². The molecule has 112 valence electrons. The minimum atomic E-state index is 0.0348. The Morgan fingerprint density at radius 1 is 1.24 bits per heavy atom. The van der Waals surface area contributed by atoms with Crippen LogP contribution in [0.2, 0.25) is 0 Å². The lowest BCUT2D eigenvalue weighted by molar-refractivity contribution is 0.315. The van der Waals surface area contributed by atoms with Gasteiger partial charge in [0.2, 0.25) is 0 Å². The first-order valence-electron chi connectivity index (χ1n) is 7.49. The Morgan fingerprint density at radius 2 is 2.10 bits per heavy atom. The zero-order chi connectivity index (χ0) is 15.1. The molecular formula is C17H23N3O. The fourth-order valence-electron chi connectivity index (χ4n) is 2.21. The van der Waals surface area contributed by atoms with E-state index in [0.29, 0.717) is 6.61 Å². The topological polar surface area (TPSA) is 47.0 Å². The van der Waals surface area contributed by atoms with Crippen molar-refractivity contribution >= 4 is 0 Å². The number of nitrogens with zero attached hydrogens (tertiary/aromatic N) is 2. The second-order valence-corrected chi connectivity index (χ2v) is 5.00. The van der Waals surface area contributed by atoms with Crippen LogP contribution in [0.15, 0.2) is 36.7 Å². The van der Waals surface area contributed by atoms with Crippen molar-refractivity contribution in [1.82, 2.24) is 15.3 Å². The highest BCUT2D eigenvalue weighted by Crippen LogP contribution is 2.23. The van der Waals surface area contributed by atoms with E-state index in [2.05, 4.69) is 29.1 Å². The highest BCUT2D eigenvalue weighted by molar-refractivity contribution is 5.31. The Kier molecular flexibility index (Phi) is 5.69. The summed E-state index contributed by atoms with van der Waals surface area (Å²) in [6.07, 6.45) is 4.61. The molecule has 21 heavy (non-hydrogen) atoms. The number of hydrogen-bond acceptors (Lipinski definition) is 4. The quantitative estimate of drug-likeness (QED) is 0.848. The van der Waals surface area contributed by atoms with Gasteiger partial charge in [-0.3, -0.25) is 9.97 Å². The normalized spacial score (nSPS) is 12.1. The van der Waals surface area contributed by atoms with E-state index in [9.17, 15) is 0 Å². The van der Waals surface area contributed by atoms with Crippen LogP contribution in [0.1, 0.15) is 43.3 Å². The molecule has 4 heteroatoms. The van der Waals surface area contributed by atoms with Gasteiger partial charge in [-0.2, -0.15) is 0 Å². The number of pyridine rings is 2. The molecule has 1 atom stereocenters. The third-order valence-corrected chi connectivity index (χ3v) is 3.15. The van der Waals surface area contributed by atoms with Gasteiger partial charge in [-0.25, -0.2) is 0 Å².